The number of rotatable bonds is 12. The zero-order valence-corrected chi connectivity index (χ0v) is 82.2. The van der Waals surface area contributed by atoms with Crippen LogP contribution in [-0.4, -0.2) is 219 Å². The summed E-state index contributed by atoms with van der Waals surface area (Å²) in [5.74, 6) is -0.540. The predicted molar refractivity (Wildman–Crippen MR) is 461 cm³/mol. The maximum atomic E-state index is 12.7. The Hall–Kier alpha value is -4.75. The van der Waals surface area contributed by atoms with Crippen LogP contribution in [-0.2, 0) is 43.1 Å². The molecule has 4 aromatic rings. The van der Waals surface area contributed by atoms with Crippen LogP contribution in [0.5, 0.6) is 0 Å². The average Bonchev–Trinajstić information content (AvgIpc) is 0.864. The zero-order valence-electron chi connectivity index (χ0n) is 72.2. The number of nitrogens with two attached hydrogens (primary N) is 1. The number of likely N-dealkylation sites (tertiary alicyclic amines) is 3. The van der Waals surface area contributed by atoms with E-state index in [1.165, 1.54) is 70.6 Å². The van der Waals surface area contributed by atoms with Crippen molar-refractivity contribution in [3.05, 3.63) is 84.6 Å². The van der Waals surface area contributed by atoms with Crippen molar-refractivity contribution >= 4 is 131 Å². The normalized spacial score (nSPS) is 16.3. The molecule has 0 aromatic carbocycles. The van der Waals surface area contributed by atoms with Crippen molar-refractivity contribution in [2.45, 2.75) is 274 Å². The molecule has 7 aliphatic rings. The van der Waals surface area contributed by atoms with Crippen LogP contribution in [0.15, 0.2) is 62.3 Å². The van der Waals surface area contributed by atoms with E-state index in [1.54, 1.807) is 57.2 Å². The fraction of sp³-hybridized carbons (Fsp3) is 0.651. The van der Waals surface area contributed by atoms with Crippen LogP contribution < -0.4 is 139 Å². The summed E-state index contributed by atoms with van der Waals surface area (Å²) >= 11 is 9.81. The maximum absolute atomic E-state index is 12.7. The van der Waals surface area contributed by atoms with Crippen molar-refractivity contribution in [3.8, 4) is 0 Å². The molecule has 37 heteroatoms. The molecule has 4 aromatic heterocycles. The van der Waals surface area contributed by atoms with Gasteiger partial charge in [-0.15, -0.1) is 0 Å². The number of nitrogens with one attached hydrogen (secondary N) is 2. The minimum atomic E-state index is -5.08. The van der Waals surface area contributed by atoms with Crippen molar-refractivity contribution < 1.29 is 195 Å². The first-order valence-electron chi connectivity index (χ1n) is 39.7. The second-order valence-corrected chi connectivity index (χ2v) is 34.4. The Bertz CT molecular complexity index is 3760. The van der Waals surface area contributed by atoms with Gasteiger partial charge in [0.05, 0.1) is 22.3 Å². The third kappa shape index (κ3) is 47.5. The van der Waals surface area contributed by atoms with Crippen molar-refractivity contribution in [2.75, 3.05) is 104 Å². The van der Waals surface area contributed by atoms with Crippen molar-refractivity contribution in [3.63, 3.8) is 0 Å². The number of aromatic nitrogens is 4. The fourth-order valence-electron chi connectivity index (χ4n) is 12.8. The summed E-state index contributed by atoms with van der Waals surface area (Å²) in [5, 5.41) is 31.8. The minimum absolute atomic E-state index is 0. The van der Waals surface area contributed by atoms with Gasteiger partial charge in [0.2, 0.25) is 17.7 Å². The van der Waals surface area contributed by atoms with Crippen LogP contribution in [0, 0.1) is 0 Å². The molecule has 1 saturated carbocycles. The number of pyridine rings is 4. The molecular weight excluding hydrogens is 1810 g/mol. The summed E-state index contributed by atoms with van der Waals surface area (Å²) in [7, 11) is 0. The number of esters is 3. The van der Waals surface area contributed by atoms with Crippen molar-refractivity contribution in [1.82, 2.24) is 34.6 Å². The first-order chi connectivity index (χ1) is 54.4. The van der Waals surface area contributed by atoms with Crippen LogP contribution in [0.2, 0.25) is 0 Å². The van der Waals surface area contributed by atoms with Crippen LogP contribution >= 0.6 is 47.8 Å². The van der Waals surface area contributed by atoms with E-state index in [2.05, 4.69) is 93.0 Å². The van der Waals surface area contributed by atoms with Crippen LogP contribution in [0.25, 0.3) is 0 Å². The molecule has 6 N–H and O–H groups in total. The van der Waals surface area contributed by atoms with Crippen LogP contribution in [0.1, 0.15) is 276 Å². The molecule has 120 heavy (non-hydrogen) atoms. The second-order valence-electron chi connectivity index (χ2n) is 32.0. The van der Waals surface area contributed by atoms with Gasteiger partial charge < -0.3 is 81.8 Å². The first-order valence-corrected chi connectivity index (χ1v) is 42.1. The molecule has 7 fully saturated rings. The van der Waals surface area contributed by atoms with Gasteiger partial charge in [-0.2, -0.15) is 13.2 Å². The van der Waals surface area contributed by atoms with Gasteiger partial charge in [-0.1, -0.05) is 53.4 Å². The standard InChI is InChI=1S/C22H34N4O3.C18H26N4O3.C15H21BrN2O2.C10H11Br2NO2.C7H14N2O.C6H12.C2HF3O2.CH2O3.2CH4.2K.H/c1-16(27)25-12-8-18(9-13-25)23-19-14-17(21(28)29-22(2,3)4)15-20(24-19)26-10-6-5-7-11-26;1-13(23)21-9-5-15(6-10-21)19-16-11-14(18(24)25)12-17(20-16)22-7-3-2-4-8-22;1-15(2,3)20-14(19)11-9-12(16)17-13(10-11)18-7-5-4-6-8-18;1-10(2,3)15-9(14)6-4-7(11)13-8(12)5-6;1-6(10)9-4-2-7(8)3-5-9;1-2-4-6-5-3-1;3-2(4,5)1(6)7;2-1-4-3;;;;;/h14-15,18H,5-13H2,1-4H3,(H,23,24);11-12,15H,2-10H2,1H3,(H,19,20)(H,24,25);9-10H,4-8H2,1-3H3;4-5H,1-3H3;7H,2-5,8H2,1H3;1-6H2;(H,6,7);1,3H;2*1H4;;;/q;;;;;;;;;;2*+1;-1/p-1. The molecule has 0 unspecified atom stereocenters. The molecule has 1 aliphatic carbocycles. The van der Waals surface area contributed by atoms with E-state index in [0.29, 0.717) is 48.2 Å². The number of carbonyl (C=O) groups is 9. The molecule has 3 amide bonds. The van der Waals surface area contributed by atoms with Gasteiger partial charge in [0, 0.05) is 117 Å². The molecule has 11 rings (SSSR count). The van der Waals surface area contributed by atoms with E-state index in [4.69, 9.17) is 44.9 Å². The van der Waals surface area contributed by atoms with E-state index in [-0.39, 0.29) is 179 Å². The Labute approximate surface area is 819 Å². The smallest absolute Gasteiger partial charge is 1.00 e. The minimum Gasteiger partial charge on any atom is -1.00 e. The summed E-state index contributed by atoms with van der Waals surface area (Å²) in [6.07, 6.45) is 19.9. The number of alkyl halides is 3. The first kappa shape index (κ1) is 115. The summed E-state index contributed by atoms with van der Waals surface area (Å²) in [6, 6.07) is 14.5. The van der Waals surface area contributed by atoms with Gasteiger partial charge in [-0.05, 0) is 255 Å². The molecule has 6 saturated heterocycles. The molecule has 0 spiro atoms. The van der Waals surface area contributed by atoms with E-state index in [1.807, 2.05) is 89.1 Å². The number of amides is 3. The van der Waals surface area contributed by atoms with E-state index < -0.39 is 34.9 Å². The summed E-state index contributed by atoms with van der Waals surface area (Å²) in [6.45, 7) is 31.7. The van der Waals surface area contributed by atoms with E-state index in [0.717, 1.165) is 160 Å². The number of nitrogens with zero attached hydrogens (tertiary/aromatic N) is 10. The van der Waals surface area contributed by atoms with Crippen LogP contribution in [0.4, 0.5) is 42.3 Å². The Balaban J connectivity index is 0. The number of aliphatic carboxylic acids is 1. The zero-order chi connectivity index (χ0) is 86.5. The largest absolute Gasteiger partial charge is 1.00 e. The SMILES string of the molecule is C.C.C1CCCCC1.CC(=O)N1CCC(N)CC1.CC(=O)N1CCC(Nc2cc(C(=O)O)cc(N3CCCCC3)n2)CC1.CC(=O)N1CCC(Nc2cc(C(=O)OC(C)(C)C)cc(N3CCCCC3)n2)CC1.CC(C)(C)OC(=O)c1cc(Br)nc(Br)c1.CC(C)(C)OC(=O)c1cc(Br)nc(N2CCCCC2)c1.O=C(O)C(F)(F)F.O=CO[O-].[H-].[K+].[K+]. The van der Waals surface area contributed by atoms with Crippen LogP contribution in [0.3, 0.4) is 0 Å². The molecule has 29 nitrogen and oxygen atoms in total. The number of ether oxygens (including phenoxy) is 3. The number of aromatic carboxylic acids is 1. The molecule has 10 heterocycles. The molecule has 0 radical (unpaired) electrons. The monoisotopic (exact) mass is 1940 g/mol. The van der Waals surface area contributed by atoms with Gasteiger partial charge in [0.15, 0.2) is 0 Å². The molecule has 6 aliphatic heterocycles. The van der Waals surface area contributed by atoms with Crippen molar-refractivity contribution in [2.24, 2.45) is 5.73 Å². The second kappa shape index (κ2) is 58.5. The molecule has 0 atom stereocenters. The Morgan fingerprint density at radius 3 is 0.950 bits per heavy atom. The summed E-state index contributed by atoms with van der Waals surface area (Å²) < 4.78 is 49.8. The maximum Gasteiger partial charge on any atom is 1.00 e. The number of carboxylic acids is 2. The number of hydrogen-bond donors (Lipinski definition) is 5. The molecule has 0 bridgehead atoms. The van der Waals surface area contributed by atoms with Gasteiger partial charge >= 0.3 is 139 Å². The number of piperidine rings is 6. The third-order valence-electron chi connectivity index (χ3n) is 18.7. The fourth-order valence-corrected chi connectivity index (χ4v) is 14.4. The number of anilines is 5. The summed E-state index contributed by atoms with van der Waals surface area (Å²) in [5.41, 5.74) is 5.95. The van der Waals surface area contributed by atoms with E-state index >= 15 is 0 Å². The summed E-state index contributed by atoms with van der Waals surface area (Å²) in [4.78, 5) is 132. The number of carboxylic acid groups (broad SMARTS) is 2. The van der Waals surface area contributed by atoms with Gasteiger partial charge in [-0.25, -0.2) is 43.9 Å². The van der Waals surface area contributed by atoms with Gasteiger partial charge in [0.25, 0.3) is 6.47 Å². The molecular formula is C83H129Br3F3K2N13O16. The Kier molecular flexibility index (Phi) is 56.2. The van der Waals surface area contributed by atoms with Crippen molar-refractivity contribution in [1.29, 1.82) is 0 Å². The van der Waals surface area contributed by atoms with E-state index in [9.17, 15) is 51.8 Å². The topological polar surface area (TPSA) is 375 Å². The molecule has 666 valence electrons. The Morgan fingerprint density at radius 1 is 0.442 bits per heavy atom. The third-order valence-corrected chi connectivity index (χ3v) is 19.9. The number of carbonyl (C=O) groups excluding carboxylic acids is 7. The quantitative estimate of drug-likeness (QED) is 0.0167. The van der Waals surface area contributed by atoms with Gasteiger partial charge in [-0.3, -0.25) is 19.2 Å². The van der Waals surface area contributed by atoms with Gasteiger partial charge in [0.1, 0.15) is 59.7 Å². The average molecular weight is 1940 g/mol. The predicted octanol–water partition coefficient (Wildman–Crippen LogP) is 9.75. The Morgan fingerprint density at radius 2 is 0.683 bits per heavy atom. The number of halogens is 6. The number of hydrogen-bond acceptors (Lipinski definition) is 24.